The summed E-state index contributed by atoms with van der Waals surface area (Å²) in [6.07, 6.45) is 1.63. The first-order valence-corrected chi connectivity index (χ1v) is 9.99. The maximum atomic E-state index is 13.4. The van der Waals surface area contributed by atoms with Gasteiger partial charge in [0.15, 0.2) is 11.6 Å². The minimum atomic E-state index is -3.94. The van der Waals surface area contributed by atoms with Crippen molar-refractivity contribution in [2.45, 2.75) is 4.90 Å². The fraction of sp³-hybridized carbons (Fsp3) is 0.222. The summed E-state index contributed by atoms with van der Waals surface area (Å²) in [5, 5.41) is 0. The van der Waals surface area contributed by atoms with Crippen molar-refractivity contribution in [3.8, 4) is 0 Å². The van der Waals surface area contributed by atoms with E-state index >= 15 is 0 Å². The molecule has 1 fully saturated rings. The number of rotatable bonds is 3. The molecule has 3 heterocycles. The van der Waals surface area contributed by atoms with Gasteiger partial charge in [-0.2, -0.15) is 4.31 Å². The molecule has 1 aliphatic heterocycles. The Balaban J connectivity index is 1.54. The Morgan fingerprint density at radius 1 is 0.929 bits per heavy atom. The normalized spacial score (nSPS) is 15.9. The summed E-state index contributed by atoms with van der Waals surface area (Å²) < 4.78 is 54.5. The zero-order valence-electron chi connectivity index (χ0n) is 14.6. The number of hydrogen-bond acceptors (Lipinski definition) is 5. The first kappa shape index (κ1) is 18.5. The van der Waals surface area contributed by atoms with Crippen LogP contribution in [0.3, 0.4) is 0 Å². The van der Waals surface area contributed by atoms with E-state index in [4.69, 9.17) is 0 Å². The maximum absolute atomic E-state index is 13.4. The quantitative estimate of drug-likeness (QED) is 0.659. The molecule has 146 valence electrons. The minimum absolute atomic E-state index is 0.136. The van der Waals surface area contributed by atoms with Crippen LogP contribution in [0.5, 0.6) is 0 Å². The van der Waals surface area contributed by atoms with Crippen molar-refractivity contribution < 1.29 is 17.2 Å². The number of pyridine rings is 1. The molecular formula is C18H16F2N4O3S. The smallest absolute Gasteiger partial charge is 0.259 e. The molecule has 28 heavy (non-hydrogen) atoms. The summed E-state index contributed by atoms with van der Waals surface area (Å²) in [5.74, 6) is -1.83. The Bertz CT molecular complexity index is 1200. The van der Waals surface area contributed by atoms with Crippen molar-refractivity contribution in [2.75, 3.05) is 31.1 Å². The number of benzene rings is 1. The lowest BCUT2D eigenvalue weighted by atomic mass is 10.3. The molecule has 2 aromatic heterocycles. The zero-order valence-corrected chi connectivity index (χ0v) is 15.4. The van der Waals surface area contributed by atoms with Gasteiger partial charge in [-0.1, -0.05) is 6.07 Å². The molecule has 0 saturated carbocycles. The van der Waals surface area contributed by atoms with Gasteiger partial charge < -0.3 is 4.90 Å². The average Bonchev–Trinajstić information content (AvgIpc) is 2.70. The van der Waals surface area contributed by atoms with E-state index in [1.54, 1.807) is 24.4 Å². The third-order valence-electron chi connectivity index (χ3n) is 4.65. The molecule has 3 aromatic rings. The Hall–Kier alpha value is -2.85. The minimum Gasteiger partial charge on any atom is -0.354 e. The second-order valence-corrected chi connectivity index (χ2v) is 8.29. The van der Waals surface area contributed by atoms with E-state index in [9.17, 15) is 22.0 Å². The highest BCUT2D eigenvalue weighted by atomic mass is 32.2. The second-order valence-electron chi connectivity index (χ2n) is 6.35. The molecule has 10 heteroatoms. The maximum Gasteiger partial charge on any atom is 0.259 e. The molecule has 0 bridgehead atoms. The summed E-state index contributed by atoms with van der Waals surface area (Å²) >= 11 is 0. The number of anilines is 1. The number of piperazine rings is 1. The van der Waals surface area contributed by atoms with Crippen LogP contribution >= 0.6 is 0 Å². The van der Waals surface area contributed by atoms with Crippen LogP contribution in [0.25, 0.3) is 5.65 Å². The predicted molar refractivity (Wildman–Crippen MR) is 98.8 cm³/mol. The Labute approximate surface area is 159 Å². The van der Waals surface area contributed by atoms with Crippen molar-refractivity contribution >= 4 is 21.5 Å². The zero-order chi connectivity index (χ0) is 19.9. The summed E-state index contributed by atoms with van der Waals surface area (Å²) in [7, 11) is -3.94. The number of nitrogens with zero attached hydrogens (tertiary/aromatic N) is 4. The Morgan fingerprint density at radius 3 is 2.39 bits per heavy atom. The molecule has 1 aliphatic rings. The Kier molecular flexibility index (Phi) is 4.60. The molecule has 0 radical (unpaired) electrons. The number of aromatic nitrogens is 2. The number of sulfonamides is 1. The van der Waals surface area contributed by atoms with E-state index < -0.39 is 21.7 Å². The fourth-order valence-electron chi connectivity index (χ4n) is 3.15. The van der Waals surface area contributed by atoms with E-state index in [-0.39, 0.29) is 23.5 Å². The summed E-state index contributed by atoms with van der Waals surface area (Å²) in [6, 6.07) is 9.16. The predicted octanol–water partition coefficient (Wildman–Crippen LogP) is 1.48. The molecule has 4 rings (SSSR count). The van der Waals surface area contributed by atoms with Crippen LogP contribution in [-0.2, 0) is 10.0 Å². The first-order valence-electron chi connectivity index (χ1n) is 8.55. The molecule has 0 amide bonds. The van der Waals surface area contributed by atoms with Crippen LogP contribution in [0.15, 0.2) is 58.4 Å². The van der Waals surface area contributed by atoms with E-state index in [0.29, 0.717) is 30.6 Å². The highest BCUT2D eigenvalue weighted by molar-refractivity contribution is 7.89. The average molecular weight is 406 g/mol. The summed E-state index contributed by atoms with van der Waals surface area (Å²) in [5.41, 5.74) is 0.277. The van der Waals surface area contributed by atoms with Gasteiger partial charge in [0.2, 0.25) is 10.0 Å². The second kappa shape index (κ2) is 6.95. The molecule has 1 saturated heterocycles. The van der Waals surface area contributed by atoms with E-state index in [2.05, 4.69) is 4.98 Å². The molecular weight excluding hydrogens is 390 g/mol. The van der Waals surface area contributed by atoms with Gasteiger partial charge in [0, 0.05) is 38.4 Å². The van der Waals surface area contributed by atoms with Gasteiger partial charge >= 0.3 is 0 Å². The van der Waals surface area contributed by atoms with Crippen LogP contribution in [-0.4, -0.2) is 48.3 Å². The van der Waals surface area contributed by atoms with Crippen LogP contribution in [0.1, 0.15) is 0 Å². The van der Waals surface area contributed by atoms with Gasteiger partial charge in [-0.25, -0.2) is 22.2 Å². The molecule has 0 unspecified atom stereocenters. The molecule has 0 N–H and O–H groups in total. The van der Waals surface area contributed by atoms with Crippen molar-refractivity contribution in [2.24, 2.45) is 0 Å². The SMILES string of the molecule is O=c1cc(N2CCN(S(=O)(=O)c3ccc(F)c(F)c3)CC2)nc2ccccn12. The highest BCUT2D eigenvalue weighted by Gasteiger charge is 2.29. The van der Waals surface area contributed by atoms with Gasteiger partial charge in [-0.3, -0.25) is 9.20 Å². The van der Waals surface area contributed by atoms with Crippen LogP contribution < -0.4 is 10.5 Å². The van der Waals surface area contributed by atoms with E-state index in [0.717, 1.165) is 12.1 Å². The Morgan fingerprint density at radius 2 is 1.68 bits per heavy atom. The van der Waals surface area contributed by atoms with Gasteiger partial charge in [-0.05, 0) is 30.3 Å². The van der Waals surface area contributed by atoms with Gasteiger partial charge in [0.25, 0.3) is 5.56 Å². The lowest BCUT2D eigenvalue weighted by molar-refractivity contribution is 0.383. The van der Waals surface area contributed by atoms with Crippen LogP contribution in [0.2, 0.25) is 0 Å². The van der Waals surface area contributed by atoms with E-state index in [1.807, 2.05) is 4.90 Å². The first-order chi connectivity index (χ1) is 13.4. The molecule has 7 nitrogen and oxygen atoms in total. The van der Waals surface area contributed by atoms with Crippen molar-refractivity contribution in [1.29, 1.82) is 0 Å². The van der Waals surface area contributed by atoms with Gasteiger partial charge in [0.05, 0.1) is 4.90 Å². The van der Waals surface area contributed by atoms with E-state index in [1.165, 1.54) is 14.8 Å². The van der Waals surface area contributed by atoms with Crippen molar-refractivity contribution in [3.63, 3.8) is 0 Å². The standard InChI is InChI=1S/C18H16F2N4O3S/c19-14-5-4-13(11-15(14)20)28(26,27)23-9-7-22(8-10-23)17-12-18(25)24-6-2-1-3-16(24)21-17/h1-6,11-12H,7-10H2. The van der Waals surface area contributed by atoms with Crippen LogP contribution in [0, 0.1) is 11.6 Å². The monoisotopic (exact) mass is 406 g/mol. The molecule has 0 aliphatic carbocycles. The number of hydrogen-bond donors (Lipinski definition) is 0. The largest absolute Gasteiger partial charge is 0.354 e. The molecule has 0 spiro atoms. The van der Waals surface area contributed by atoms with Crippen molar-refractivity contribution in [3.05, 3.63) is 70.6 Å². The lowest BCUT2D eigenvalue weighted by Crippen LogP contribution is -2.49. The van der Waals surface area contributed by atoms with Crippen molar-refractivity contribution in [1.82, 2.24) is 13.7 Å². The fourth-order valence-corrected chi connectivity index (χ4v) is 4.58. The summed E-state index contributed by atoms with van der Waals surface area (Å²) in [6.45, 7) is 0.908. The number of fused-ring (bicyclic) bond motifs is 1. The molecule has 0 atom stereocenters. The number of halogens is 2. The van der Waals surface area contributed by atoms with Crippen LogP contribution in [0.4, 0.5) is 14.6 Å². The third-order valence-corrected chi connectivity index (χ3v) is 6.54. The lowest BCUT2D eigenvalue weighted by Gasteiger charge is -2.34. The third kappa shape index (κ3) is 3.25. The topological polar surface area (TPSA) is 75.0 Å². The van der Waals surface area contributed by atoms with Gasteiger partial charge in [0.1, 0.15) is 11.5 Å². The summed E-state index contributed by atoms with van der Waals surface area (Å²) in [4.78, 5) is 18.2. The van der Waals surface area contributed by atoms with Gasteiger partial charge in [-0.15, -0.1) is 0 Å². The molecule has 1 aromatic carbocycles. The highest BCUT2D eigenvalue weighted by Crippen LogP contribution is 2.21.